The second kappa shape index (κ2) is 7.98. The van der Waals surface area contributed by atoms with Crippen LogP contribution in [0.5, 0.6) is 5.75 Å². The molecule has 1 aromatic rings. The molecule has 0 aromatic heterocycles. The average molecular weight is 250 g/mol. The molecular formula is C15H26N2O. The third kappa shape index (κ3) is 4.96. The number of rotatable bonds is 8. The van der Waals surface area contributed by atoms with Crippen LogP contribution in [0.3, 0.4) is 0 Å². The fourth-order valence-corrected chi connectivity index (χ4v) is 1.90. The van der Waals surface area contributed by atoms with Gasteiger partial charge in [0.25, 0.3) is 0 Å². The molecule has 0 saturated carbocycles. The van der Waals surface area contributed by atoms with Crippen LogP contribution in [0.1, 0.15) is 27.2 Å². The second-order valence-electron chi connectivity index (χ2n) is 4.52. The van der Waals surface area contributed by atoms with Crippen LogP contribution in [0.25, 0.3) is 0 Å². The van der Waals surface area contributed by atoms with Gasteiger partial charge >= 0.3 is 0 Å². The average Bonchev–Trinajstić information content (AvgIpc) is 2.41. The highest BCUT2D eigenvalue weighted by Crippen LogP contribution is 2.17. The van der Waals surface area contributed by atoms with Crippen LogP contribution in [0.15, 0.2) is 24.3 Å². The molecule has 0 bridgehead atoms. The summed E-state index contributed by atoms with van der Waals surface area (Å²) in [5, 5.41) is 3.10. The molecule has 1 atom stereocenters. The van der Waals surface area contributed by atoms with Crippen molar-refractivity contribution >= 4 is 5.69 Å². The highest BCUT2D eigenvalue weighted by atomic mass is 16.5. The summed E-state index contributed by atoms with van der Waals surface area (Å²) in [5.41, 5.74) is 1.11. The minimum Gasteiger partial charge on any atom is -0.491 e. The van der Waals surface area contributed by atoms with Gasteiger partial charge in [-0.1, -0.05) is 13.8 Å². The van der Waals surface area contributed by atoms with Crippen molar-refractivity contribution in [1.82, 2.24) is 4.90 Å². The molecule has 0 radical (unpaired) electrons. The lowest BCUT2D eigenvalue weighted by molar-refractivity contribution is 0.181. The molecule has 0 aliphatic rings. The van der Waals surface area contributed by atoms with Gasteiger partial charge in [-0.25, -0.2) is 0 Å². The lowest BCUT2D eigenvalue weighted by Crippen LogP contribution is -2.27. The zero-order valence-corrected chi connectivity index (χ0v) is 12.1. The van der Waals surface area contributed by atoms with E-state index in [9.17, 15) is 0 Å². The Balaban J connectivity index is 2.36. The van der Waals surface area contributed by atoms with Gasteiger partial charge in [0.05, 0.1) is 6.10 Å². The van der Waals surface area contributed by atoms with Crippen LogP contribution < -0.4 is 10.1 Å². The molecule has 1 N–H and O–H groups in total. The summed E-state index contributed by atoms with van der Waals surface area (Å²) in [6, 6.07) is 8.10. The van der Waals surface area contributed by atoms with Gasteiger partial charge in [-0.3, -0.25) is 0 Å². The van der Waals surface area contributed by atoms with Crippen LogP contribution in [-0.2, 0) is 0 Å². The highest BCUT2D eigenvalue weighted by molar-refractivity contribution is 5.45. The van der Waals surface area contributed by atoms with Gasteiger partial charge in [0.1, 0.15) is 5.75 Å². The summed E-state index contributed by atoms with van der Waals surface area (Å²) in [7, 11) is 1.92. The number of ether oxygens (including phenoxy) is 1. The van der Waals surface area contributed by atoms with E-state index in [1.165, 1.54) is 0 Å². The van der Waals surface area contributed by atoms with Crippen LogP contribution in [0.4, 0.5) is 5.69 Å². The largest absolute Gasteiger partial charge is 0.491 e. The van der Waals surface area contributed by atoms with E-state index in [0.717, 1.165) is 37.5 Å². The molecule has 1 rings (SSSR count). The molecule has 0 spiro atoms. The number of hydrogen-bond acceptors (Lipinski definition) is 3. The molecule has 0 heterocycles. The fourth-order valence-electron chi connectivity index (χ4n) is 1.90. The predicted octanol–water partition coefficient (Wildman–Crippen LogP) is 3.23. The van der Waals surface area contributed by atoms with Crippen molar-refractivity contribution in [3.05, 3.63) is 24.3 Å². The van der Waals surface area contributed by atoms with Crippen molar-refractivity contribution in [2.75, 3.05) is 32.0 Å². The van der Waals surface area contributed by atoms with E-state index < -0.39 is 0 Å². The molecule has 0 saturated heterocycles. The van der Waals surface area contributed by atoms with E-state index in [4.69, 9.17) is 4.74 Å². The molecule has 102 valence electrons. The maximum absolute atomic E-state index is 5.90. The lowest BCUT2D eigenvalue weighted by Gasteiger charge is -2.21. The molecule has 0 aliphatic heterocycles. The van der Waals surface area contributed by atoms with Crippen LogP contribution >= 0.6 is 0 Å². The third-order valence-electron chi connectivity index (χ3n) is 3.23. The molecule has 3 heteroatoms. The normalized spacial score (nSPS) is 12.5. The van der Waals surface area contributed by atoms with Crippen LogP contribution in [-0.4, -0.2) is 37.7 Å². The Labute approximate surface area is 111 Å². The molecule has 0 amide bonds. The van der Waals surface area contributed by atoms with Crippen LogP contribution in [0, 0.1) is 0 Å². The number of benzene rings is 1. The summed E-state index contributed by atoms with van der Waals surface area (Å²) < 4.78 is 5.90. The van der Waals surface area contributed by atoms with Crippen molar-refractivity contribution in [1.29, 1.82) is 0 Å². The monoisotopic (exact) mass is 250 g/mol. The standard InChI is InChI=1S/C15H26N2O/c1-5-17(6-2)12-11-13(3)18-15-9-7-14(16-4)8-10-15/h7-10,13,16H,5-6,11-12H2,1-4H3. The molecule has 3 nitrogen and oxygen atoms in total. The Hall–Kier alpha value is -1.22. The summed E-state index contributed by atoms with van der Waals surface area (Å²) >= 11 is 0. The Bertz CT molecular complexity index is 320. The first-order valence-electron chi connectivity index (χ1n) is 6.86. The predicted molar refractivity (Wildman–Crippen MR) is 78.5 cm³/mol. The first kappa shape index (κ1) is 14.8. The van der Waals surface area contributed by atoms with Gasteiger partial charge in [-0.15, -0.1) is 0 Å². The quantitative estimate of drug-likeness (QED) is 0.766. The van der Waals surface area contributed by atoms with Gasteiger partial charge in [-0.05, 0) is 50.7 Å². The Morgan fingerprint density at radius 3 is 2.28 bits per heavy atom. The first-order chi connectivity index (χ1) is 8.69. The number of nitrogens with zero attached hydrogens (tertiary/aromatic N) is 1. The molecule has 1 aromatic carbocycles. The Kier molecular flexibility index (Phi) is 6.58. The van der Waals surface area contributed by atoms with Crippen LogP contribution in [0.2, 0.25) is 0 Å². The zero-order valence-electron chi connectivity index (χ0n) is 12.1. The van der Waals surface area contributed by atoms with Crippen molar-refractivity contribution in [2.45, 2.75) is 33.3 Å². The third-order valence-corrected chi connectivity index (χ3v) is 3.23. The highest BCUT2D eigenvalue weighted by Gasteiger charge is 2.06. The van der Waals surface area contributed by atoms with E-state index in [1.54, 1.807) is 0 Å². The molecule has 1 unspecified atom stereocenters. The Morgan fingerprint density at radius 1 is 1.17 bits per heavy atom. The summed E-state index contributed by atoms with van der Waals surface area (Å²) in [6.07, 6.45) is 1.32. The fraction of sp³-hybridized carbons (Fsp3) is 0.600. The van der Waals surface area contributed by atoms with Gasteiger partial charge in [0, 0.05) is 19.3 Å². The second-order valence-corrected chi connectivity index (χ2v) is 4.52. The van der Waals surface area contributed by atoms with Crippen molar-refractivity contribution in [2.24, 2.45) is 0 Å². The number of hydrogen-bond donors (Lipinski definition) is 1. The molecule has 0 aliphatic carbocycles. The van der Waals surface area contributed by atoms with E-state index in [-0.39, 0.29) is 6.10 Å². The minimum atomic E-state index is 0.256. The van der Waals surface area contributed by atoms with Gasteiger partial charge in [0.15, 0.2) is 0 Å². The number of nitrogens with one attached hydrogen (secondary N) is 1. The molecule has 0 fully saturated rings. The maximum atomic E-state index is 5.90. The smallest absolute Gasteiger partial charge is 0.119 e. The van der Waals surface area contributed by atoms with Gasteiger partial charge in [-0.2, -0.15) is 0 Å². The van der Waals surface area contributed by atoms with E-state index >= 15 is 0 Å². The lowest BCUT2D eigenvalue weighted by atomic mass is 10.2. The first-order valence-corrected chi connectivity index (χ1v) is 6.86. The van der Waals surface area contributed by atoms with Crippen molar-refractivity contribution < 1.29 is 4.74 Å². The number of anilines is 1. The summed E-state index contributed by atoms with van der Waals surface area (Å²) in [5.74, 6) is 0.945. The maximum Gasteiger partial charge on any atom is 0.119 e. The topological polar surface area (TPSA) is 24.5 Å². The summed E-state index contributed by atoms with van der Waals surface area (Å²) in [4.78, 5) is 2.42. The van der Waals surface area contributed by atoms with E-state index in [2.05, 4.69) is 31.0 Å². The van der Waals surface area contributed by atoms with Crippen molar-refractivity contribution in [3.63, 3.8) is 0 Å². The zero-order chi connectivity index (χ0) is 13.4. The van der Waals surface area contributed by atoms with E-state index in [0.29, 0.717) is 0 Å². The SMILES string of the molecule is CCN(CC)CCC(C)Oc1ccc(NC)cc1. The van der Waals surface area contributed by atoms with Gasteiger partial charge < -0.3 is 15.0 Å². The minimum absolute atomic E-state index is 0.256. The van der Waals surface area contributed by atoms with E-state index in [1.807, 2.05) is 31.3 Å². The van der Waals surface area contributed by atoms with Crippen molar-refractivity contribution in [3.8, 4) is 5.75 Å². The summed E-state index contributed by atoms with van der Waals surface area (Å²) in [6.45, 7) is 9.86. The molecular weight excluding hydrogens is 224 g/mol. The van der Waals surface area contributed by atoms with Gasteiger partial charge in [0.2, 0.25) is 0 Å². The Morgan fingerprint density at radius 2 is 1.78 bits per heavy atom. The molecule has 18 heavy (non-hydrogen) atoms.